The quantitative estimate of drug-likeness (QED) is 0.315. The van der Waals surface area contributed by atoms with Crippen LogP contribution in [0.1, 0.15) is 24.0 Å². The van der Waals surface area contributed by atoms with Crippen LogP contribution in [0.5, 0.6) is 0 Å². The third-order valence-corrected chi connectivity index (χ3v) is 3.57. The molecule has 1 aromatic rings. The van der Waals surface area contributed by atoms with Crippen LogP contribution in [0.25, 0.3) is 0 Å². The normalized spacial score (nSPS) is 10.8. The van der Waals surface area contributed by atoms with E-state index >= 15 is 0 Å². The number of nitrogens with zero attached hydrogens (tertiary/aromatic N) is 1. The van der Waals surface area contributed by atoms with Gasteiger partial charge in [0.1, 0.15) is 0 Å². The van der Waals surface area contributed by atoms with Crippen LogP contribution in [0.2, 0.25) is 0 Å². The van der Waals surface area contributed by atoms with Crippen molar-refractivity contribution >= 4 is 41.7 Å². The lowest BCUT2D eigenvalue weighted by atomic mass is 10.1. The highest BCUT2D eigenvalue weighted by Gasteiger charge is 1.97. The number of rotatable bonds is 7. The average Bonchev–Trinajstić information content (AvgIpc) is 2.44. The number of halogens is 1. The van der Waals surface area contributed by atoms with Gasteiger partial charge in [0, 0.05) is 20.1 Å². The molecule has 20 heavy (non-hydrogen) atoms. The van der Waals surface area contributed by atoms with Gasteiger partial charge < -0.3 is 10.6 Å². The van der Waals surface area contributed by atoms with Crippen molar-refractivity contribution in [1.29, 1.82) is 0 Å². The van der Waals surface area contributed by atoms with Crippen molar-refractivity contribution in [3.8, 4) is 0 Å². The van der Waals surface area contributed by atoms with E-state index in [1.165, 1.54) is 29.7 Å². The van der Waals surface area contributed by atoms with Crippen molar-refractivity contribution in [2.45, 2.75) is 26.3 Å². The average molecular weight is 407 g/mol. The Morgan fingerprint density at radius 2 is 1.85 bits per heavy atom. The molecule has 1 rings (SSSR count). The van der Waals surface area contributed by atoms with E-state index in [-0.39, 0.29) is 24.0 Å². The first kappa shape index (κ1) is 19.6. The molecule has 0 unspecified atom stereocenters. The van der Waals surface area contributed by atoms with Gasteiger partial charge in [0.2, 0.25) is 0 Å². The second-order valence-electron chi connectivity index (χ2n) is 4.54. The Kier molecular flexibility index (Phi) is 12.1. The molecule has 0 spiro atoms. The molecule has 3 nitrogen and oxygen atoms in total. The maximum atomic E-state index is 4.23. The summed E-state index contributed by atoms with van der Waals surface area (Å²) >= 11 is 1.90. The standard InChI is InChI=1S/C15H25N3S.HI/c1-13-6-8-14(9-7-13)12-18-15(16-2)17-10-4-5-11-19-3;/h6-9H,4-5,10-12H2,1-3H3,(H2,16,17,18);1H. The summed E-state index contributed by atoms with van der Waals surface area (Å²) < 4.78 is 0. The lowest BCUT2D eigenvalue weighted by Crippen LogP contribution is -2.37. The molecule has 0 aliphatic carbocycles. The summed E-state index contributed by atoms with van der Waals surface area (Å²) in [5, 5.41) is 6.67. The van der Waals surface area contributed by atoms with Gasteiger partial charge >= 0.3 is 0 Å². The van der Waals surface area contributed by atoms with E-state index in [2.05, 4.69) is 53.1 Å². The number of aryl methyl sites for hydroxylation is 1. The molecular formula is C15H26IN3S. The molecule has 1 aromatic carbocycles. The van der Waals surface area contributed by atoms with E-state index in [1.54, 1.807) is 0 Å². The van der Waals surface area contributed by atoms with E-state index < -0.39 is 0 Å². The van der Waals surface area contributed by atoms with E-state index in [0.29, 0.717) is 0 Å². The monoisotopic (exact) mass is 407 g/mol. The first-order valence-corrected chi connectivity index (χ1v) is 8.14. The molecule has 0 aromatic heterocycles. The summed E-state index contributed by atoms with van der Waals surface area (Å²) in [5.74, 6) is 2.11. The van der Waals surface area contributed by atoms with Crippen LogP contribution in [0.3, 0.4) is 0 Å². The van der Waals surface area contributed by atoms with E-state index in [9.17, 15) is 0 Å². The van der Waals surface area contributed by atoms with Crippen molar-refractivity contribution in [2.24, 2.45) is 4.99 Å². The molecule has 2 N–H and O–H groups in total. The molecule has 0 heterocycles. The fourth-order valence-corrected chi connectivity index (χ4v) is 2.18. The predicted octanol–water partition coefficient (Wildman–Crippen LogP) is 3.42. The van der Waals surface area contributed by atoms with Crippen molar-refractivity contribution in [2.75, 3.05) is 25.6 Å². The lowest BCUT2D eigenvalue weighted by Gasteiger charge is -2.11. The molecule has 0 atom stereocenters. The Balaban J connectivity index is 0.00000361. The van der Waals surface area contributed by atoms with Gasteiger partial charge in [-0.3, -0.25) is 4.99 Å². The Morgan fingerprint density at radius 1 is 1.15 bits per heavy atom. The lowest BCUT2D eigenvalue weighted by molar-refractivity contribution is 0.733. The van der Waals surface area contributed by atoms with Gasteiger partial charge in [0.15, 0.2) is 5.96 Å². The third-order valence-electron chi connectivity index (χ3n) is 2.87. The highest BCUT2D eigenvalue weighted by molar-refractivity contribution is 14.0. The Morgan fingerprint density at radius 3 is 2.45 bits per heavy atom. The van der Waals surface area contributed by atoms with Crippen LogP contribution in [0, 0.1) is 6.92 Å². The van der Waals surface area contributed by atoms with Gasteiger partial charge in [-0.2, -0.15) is 11.8 Å². The highest BCUT2D eigenvalue weighted by atomic mass is 127. The summed E-state index contributed by atoms with van der Waals surface area (Å²) in [7, 11) is 1.81. The van der Waals surface area contributed by atoms with Gasteiger partial charge in [-0.15, -0.1) is 24.0 Å². The third kappa shape index (κ3) is 8.68. The van der Waals surface area contributed by atoms with Crippen molar-refractivity contribution in [3.05, 3.63) is 35.4 Å². The first-order chi connectivity index (χ1) is 9.26. The van der Waals surface area contributed by atoms with Crippen molar-refractivity contribution in [1.82, 2.24) is 10.6 Å². The van der Waals surface area contributed by atoms with Crippen LogP contribution in [-0.4, -0.2) is 31.6 Å². The molecule has 0 aliphatic heterocycles. The molecule has 0 bridgehead atoms. The highest BCUT2D eigenvalue weighted by Crippen LogP contribution is 2.02. The second-order valence-corrected chi connectivity index (χ2v) is 5.52. The number of nitrogens with one attached hydrogen (secondary N) is 2. The maximum Gasteiger partial charge on any atom is 0.191 e. The van der Waals surface area contributed by atoms with Gasteiger partial charge in [0.05, 0.1) is 0 Å². The summed E-state index contributed by atoms with van der Waals surface area (Å²) in [4.78, 5) is 4.23. The second kappa shape index (κ2) is 12.3. The molecule has 114 valence electrons. The van der Waals surface area contributed by atoms with Crippen molar-refractivity contribution < 1.29 is 0 Å². The van der Waals surface area contributed by atoms with E-state index in [4.69, 9.17) is 0 Å². The van der Waals surface area contributed by atoms with Crippen LogP contribution >= 0.6 is 35.7 Å². The molecule has 0 fully saturated rings. The largest absolute Gasteiger partial charge is 0.356 e. The summed E-state index contributed by atoms with van der Waals surface area (Å²) in [6.07, 6.45) is 4.59. The minimum absolute atomic E-state index is 0. The number of aliphatic imine (C=N–C) groups is 1. The van der Waals surface area contributed by atoms with E-state index in [1.807, 2.05) is 18.8 Å². The zero-order valence-electron chi connectivity index (χ0n) is 12.6. The topological polar surface area (TPSA) is 36.4 Å². The number of hydrogen-bond donors (Lipinski definition) is 2. The van der Waals surface area contributed by atoms with Gasteiger partial charge in [-0.25, -0.2) is 0 Å². The number of thioether (sulfide) groups is 1. The minimum Gasteiger partial charge on any atom is -0.356 e. The summed E-state index contributed by atoms with van der Waals surface area (Å²) in [5.41, 5.74) is 2.57. The molecule has 0 amide bonds. The zero-order valence-corrected chi connectivity index (χ0v) is 15.8. The first-order valence-electron chi connectivity index (χ1n) is 6.75. The SMILES string of the molecule is CN=C(NCCCCSC)NCc1ccc(C)cc1.I. The number of benzene rings is 1. The molecule has 0 aliphatic rings. The zero-order chi connectivity index (χ0) is 13.9. The van der Waals surface area contributed by atoms with Crippen LogP contribution in [0.15, 0.2) is 29.3 Å². The number of guanidine groups is 1. The molecule has 5 heteroatoms. The minimum atomic E-state index is 0. The maximum absolute atomic E-state index is 4.23. The van der Waals surface area contributed by atoms with Gasteiger partial charge in [0.25, 0.3) is 0 Å². The van der Waals surface area contributed by atoms with Crippen LogP contribution in [0.4, 0.5) is 0 Å². The van der Waals surface area contributed by atoms with E-state index in [0.717, 1.165) is 19.0 Å². The summed E-state index contributed by atoms with van der Waals surface area (Å²) in [6, 6.07) is 8.56. The Labute approximate surface area is 144 Å². The smallest absolute Gasteiger partial charge is 0.191 e. The molecule has 0 saturated carbocycles. The Bertz CT molecular complexity index is 379. The molecular weight excluding hydrogens is 381 g/mol. The fraction of sp³-hybridized carbons (Fsp3) is 0.533. The van der Waals surface area contributed by atoms with Crippen LogP contribution < -0.4 is 10.6 Å². The number of unbranched alkanes of at least 4 members (excludes halogenated alkanes) is 1. The number of hydrogen-bond acceptors (Lipinski definition) is 2. The predicted molar refractivity (Wildman–Crippen MR) is 102 cm³/mol. The summed E-state index contributed by atoms with van der Waals surface area (Å²) in [6.45, 7) is 3.89. The molecule has 0 radical (unpaired) electrons. The van der Waals surface area contributed by atoms with Crippen LogP contribution in [-0.2, 0) is 6.54 Å². The Hall–Kier alpha value is -0.430. The van der Waals surface area contributed by atoms with Gasteiger partial charge in [-0.05, 0) is 37.3 Å². The fourth-order valence-electron chi connectivity index (χ4n) is 1.69. The molecule has 0 saturated heterocycles. The van der Waals surface area contributed by atoms with Gasteiger partial charge in [-0.1, -0.05) is 29.8 Å². The van der Waals surface area contributed by atoms with Crippen molar-refractivity contribution in [3.63, 3.8) is 0 Å².